The molecule has 8 aliphatic rings. The van der Waals surface area contributed by atoms with Gasteiger partial charge in [-0.15, -0.1) is 0 Å². The van der Waals surface area contributed by atoms with E-state index in [1.165, 1.54) is 42.5 Å². The number of piperidine rings is 1. The minimum absolute atomic E-state index is 0.0434. The highest BCUT2D eigenvalue weighted by atomic mass is 16.6. The van der Waals surface area contributed by atoms with E-state index in [2.05, 4.69) is 40.5 Å². The van der Waals surface area contributed by atoms with Gasteiger partial charge >= 0.3 is 0 Å². The van der Waals surface area contributed by atoms with Gasteiger partial charge in [0.2, 0.25) is 5.91 Å². The molecule has 1 amide bonds. The summed E-state index contributed by atoms with van der Waals surface area (Å²) in [7, 11) is 3.68. The first-order valence-corrected chi connectivity index (χ1v) is 15.6. The standard InChI is InChI=1S/C34H40N2O4/c1-38-26-11-10-23-17-27-32-12-13-34(39-2,25(18-32)22-4-3-5-24(16-22)35-30(37)21-8-9-21)31-33(32,28(23)29(26)40-31)14-15-36(27)19-20-6-7-20/h3-5,10-11,16,20-21,25,27,31H,6-9,12-15,17-19H2,1-2H3,(H,35,37)/t25-,27-,31-,32-,33+,34-/m1/s1. The van der Waals surface area contributed by atoms with E-state index in [1.54, 1.807) is 7.11 Å². The number of hydrogen-bond donors (Lipinski definition) is 1. The Morgan fingerprint density at radius 2 is 1.98 bits per heavy atom. The van der Waals surface area contributed by atoms with Crippen LogP contribution in [0.4, 0.5) is 5.69 Å². The first-order chi connectivity index (χ1) is 19.5. The highest BCUT2D eigenvalue weighted by molar-refractivity contribution is 5.94. The number of carbonyl (C=O) groups excluding carboxylic acids is 1. The number of carbonyl (C=O) groups is 1. The number of methoxy groups -OCH3 is 2. The molecule has 6 heteroatoms. The topological polar surface area (TPSA) is 60.0 Å². The number of rotatable bonds is 7. The van der Waals surface area contributed by atoms with Crippen LogP contribution in [-0.4, -0.2) is 55.9 Å². The van der Waals surface area contributed by atoms with E-state index in [0.29, 0.717) is 6.04 Å². The molecule has 0 aromatic heterocycles. The van der Waals surface area contributed by atoms with Crippen LogP contribution in [0.25, 0.3) is 0 Å². The monoisotopic (exact) mass is 540 g/mol. The molecule has 10 rings (SSSR count). The van der Waals surface area contributed by atoms with Crippen molar-refractivity contribution in [3.05, 3.63) is 53.1 Å². The molecule has 6 nitrogen and oxygen atoms in total. The summed E-state index contributed by atoms with van der Waals surface area (Å²) < 4.78 is 19.9. The second-order valence-corrected chi connectivity index (χ2v) is 14.0. The summed E-state index contributed by atoms with van der Waals surface area (Å²) in [6, 6.07) is 13.6. The van der Waals surface area contributed by atoms with Crippen LogP contribution in [-0.2, 0) is 21.4 Å². The molecule has 0 radical (unpaired) electrons. The number of nitrogens with zero attached hydrogens (tertiary/aromatic N) is 1. The molecule has 6 aliphatic carbocycles. The third-order valence-electron chi connectivity index (χ3n) is 12.4. The quantitative estimate of drug-likeness (QED) is 0.507. The summed E-state index contributed by atoms with van der Waals surface area (Å²) in [5.74, 6) is 3.27. The number of benzene rings is 2. The molecule has 2 aliphatic heterocycles. The van der Waals surface area contributed by atoms with Gasteiger partial charge < -0.3 is 19.5 Å². The molecule has 5 saturated carbocycles. The Morgan fingerprint density at radius 1 is 1.10 bits per heavy atom. The van der Waals surface area contributed by atoms with Gasteiger partial charge in [-0.05, 0) is 99.6 Å². The molecular formula is C34H40N2O4. The second-order valence-electron chi connectivity index (χ2n) is 14.0. The highest BCUT2D eigenvalue weighted by Gasteiger charge is 2.80. The largest absolute Gasteiger partial charge is 0.493 e. The number of fused-ring (bicyclic) bond motifs is 2. The average Bonchev–Trinajstić information content (AvgIpc) is 3.91. The molecule has 2 heterocycles. The van der Waals surface area contributed by atoms with E-state index >= 15 is 0 Å². The minimum Gasteiger partial charge on any atom is -0.493 e. The summed E-state index contributed by atoms with van der Waals surface area (Å²) in [4.78, 5) is 15.5. The number of nitrogens with one attached hydrogen (secondary N) is 1. The van der Waals surface area contributed by atoms with E-state index in [4.69, 9.17) is 14.2 Å². The van der Waals surface area contributed by atoms with Crippen molar-refractivity contribution in [1.82, 2.24) is 4.90 Å². The van der Waals surface area contributed by atoms with Gasteiger partial charge in [0.25, 0.3) is 0 Å². The lowest BCUT2D eigenvalue weighted by molar-refractivity contribution is -0.261. The van der Waals surface area contributed by atoms with Crippen LogP contribution in [0.15, 0.2) is 36.4 Å². The number of likely N-dealkylation sites (tertiary alicyclic amines) is 1. The van der Waals surface area contributed by atoms with Crippen molar-refractivity contribution < 1.29 is 19.0 Å². The molecule has 1 N–H and O–H groups in total. The van der Waals surface area contributed by atoms with Gasteiger partial charge in [-0.1, -0.05) is 18.2 Å². The fourth-order valence-corrected chi connectivity index (χ4v) is 10.4. The lowest BCUT2D eigenvalue weighted by Crippen LogP contribution is -2.80. The Balaban J connectivity index is 1.20. The van der Waals surface area contributed by atoms with Crippen LogP contribution in [0.3, 0.4) is 0 Å². The molecule has 40 heavy (non-hydrogen) atoms. The molecule has 1 saturated heterocycles. The zero-order valence-electron chi connectivity index (χ0n) is 23.7. The smallest absolute Gasteiger partial charge is 0.227 e. The van der Waals surface area contributed by atoms with Crippen molar-refractivity contribution in [1.29, 1.82) is 0 Å². The summed E-state index contributed by atoms with van der Waals surface area (Å²) in [6.07, 6.45) is 10.3. The molecule has 210 valence electrons. The van der Waals surface area contributed by atoms with E-state index < -0.39 is 5.60 Å². The number of ether oxygens (including phenoxy) is 3. The van der Waals surface area contributed by atoms with Gasteiger partial charge in [0.15, 0.2) is 11.5 Å². The van der Waals surface area contributed by atoms with Crippen LogP contribution in [0.1, 0.15) is 74.0 Å². The molecule has 6 atom stereocenters. The maximum absolute atomic E-state index is 12.6. The molecule has 4 bridgehead atoms. The minimum atomic E-state index is -0.428. The van der Waals surface area contributed by atoms with Crippen molar-refractivity contribution in [2.75, 3.05) is 32.6 Å². The van der Waals surface area contributed by atoms with Crippen molar-refractivity contribution in [2.24, 2.45) is 17.3 Å². The maximum atomic E-state index is 12.6. The molecule has 0 unspecified atom stereocenters. The fraction of sp³-hybridized carbons (Fsp3) is 0.618. The van der Waals surface area contributed by atoms with Gasteiger partial charge in [-0.3, -0.25) is 9.69 Å². The van der Waals surface area contributed by atoms with Gasteiger partial charge in [-0.2, -0.15) is 0 Å². The zero-order chi connectivity index (χ0) is 26.9. The predicted molar refractivity (Wildman–Crippen MR) is 152 cm³/mol. The Hall–Kier alpha value is -2.57. The maximum Gasteiger partial charge on any atom is 0.227 e. The Morgan fingerprint density at radius 3 is 2.75 bits per heavy atom. The van der Waals surface area contributed by atoms with E-state index in [-0.39, 0.29) is 34.7 Å². The van der Waals surface area contributed by atoms with Crippen molar-refractivity contribution >= 4 is 11.6 Å². The van der Waals surface area contributed by atoms with E-state index in [0.717, 1.165) is 68.2 Å². The van der Waals surface area contributed by atoms with E-state index in [1.807, 2.05) is 13.2 Å². The Bertz CT molecular complexity index is 1420. The highest BCUT2D eigenvalue weighted by Crippen LogP contribution is 2.78. The lowest BCUT2D eigenvalue weighted by Gasteiger charge is -2.74. The van der Waals surface area contributed by atoms with E-state index in [9.17, 15) is 4.79 Å². The van der Waals surface area contributed by atoms with Crippen LogP contribution in [0.5, 0.6) is 11.5 Å². The van der Waals surface area contributed by atoms with Crippen molar-refractivity contribution in [3.8, 4) is 11.5 Å². The summed E-state index contributed by atoms with van der Waals surface area (Å²) >= 11 is 0. The first-order valence-electron chi connectivity index (χ1n) is 15.6. The van der Waals surface area contributed by atoms with Crippen molar-refractivity contribution in [2.45, 2.75) is 86.9 Å². The third kappa shape index (κ3) is 2.90. The normalized spacial score (nSPS) is 38.5. The van der Waals surface area contributed by atoms with Gasteiger partial charge in [0, 0.05) is 53.6 Å². The zero-order valence-corrected chi connectivity index (χ0v) is 23.7. The predicted octanol–water partition coefficient (Wildman–Crippen LogP) is 5.44. The van der Waals surface area contributed by atoms with Crippen LogP contribution in [0.2, 0.25) is 0 Å². The Labute approximate surface area is 236 Å². The third-order valence-corrected chi connectivity index (χ3v) is 12.4. The van der Waals surface area contributed by atoms with Crippen molar-refractivity contribution in [3.63, 3.8) is 0 Å². The van der Waals surface area contributed by atoms with Gasteiger partial charge in [-0.25, -0.2) is 0 Å². The van der Waals surface area contributed by atoms with Crippen LogP contribution in [0, 0.1) is 17.3 Å². The summed E-state index contributed by atoms with van der Waals surface area (Å²) in [5.41, 5.74) is 4.76. The molecular weight excluding hydrogens is 500 g/mol. The van der Waals surface area contributed by atoms with Crippen LogP contribution < -0.4 is 14.8 Å². The van der Waals surface area contributed by atoms with Crippen LogP contribution >= 0.6 is 0 Å². The number of hydrogen-bond acceptors (Lipinski definition) is 5. The summed E-state index contributed by atoms with van der Waals surface area (Å²) in [6.45, 7) is 2.39. The first kappa shape index (κ1) is 24.1. The average molecular weight is 541 g/mol. The molecule has 2 aromatic rings. The molecule has 2 aromatic carbocycles. The molecule has 2 spiro atoms. The number of amides is 1. The number of anilines is 1. The Kier molecular flexibility index (Phi) is 4.84. The van der Waals surface area contributed by atoms with Gasteiger partial charge in [0.1, 0.15) is 11.7 Å². The summed E-state index contributed by atoms with van der Waals surface area (Å²) in [5, 5.41) is 3.20. The molecule has 6 fully saturated rings. The fourth-order valence-electron chi connectivity index (χ4n) is 10.4. The second kappa shape index (κ2) is 8.04. The SMILES string of the molecule is COc1ccc2c3c1O[C@H]1[C@@]4(OC)CC[C@@]5(C[C@@H]4c4cccc(NC(=O)C6CC6)c4)[C@@H](C2)N(CC2CC2)CC[C@]315. The van der Waals surface area contributed by atoms with Gasteiger partial charge in [0.05, 0.1) is 7.11 Å². The lowest BCUT2D eigenvalue weighted by atomic mass is 9.34.